The number of hydrogen-bond donors (Lipinski definition) is 0. The smallest absolute Gasteiger partial charge is 0.247 e. The van der Waals surface area contributed by atoms with Crippen LogP contribution >= 0.6 is 11.6 Å². The summed E-state index contributed by atoms with van der Waals surface area (Å²) in [4.78, 5) is 26.6. The Morgan fingerprint density at radius 2 is 1.68 bits per heavy atom. The van der Waals surface area contributed by atoms with Crippen molar-refractivity contribution in [2.75, 3.05) is 13.1 Å². The van der Waals surface area contributed by atoms with E-state index in [-0.39, 0.29) is 36.3 Å². The molecule has 3 aromatic rings. The summed E-state index contributed by atoms with van der Waals surface area (Å²) >= 11 is 5.84. The molecule has 31 heavy (non-hydrogen) atoms. The van der Waals surface area contributed by atoms with Crippen molar-refractivity contribution < 1.29 is 18.4 Å². The zero-order chi connectivity index (χ0) is 21.8. The molecule has 1 fully saturated rings. The SMILES string of the molecule is O=C(CCC(=O)N1CCC(c2nnc(-c3ccc(F)cc3)o2)CC1)c1ccc(Cl)cc1. The first kappa shape index (κ1) is 21.2. The summed E-state index contributed by atoms with van der Waals surface area (Å²) in [7, 11) is 0. The largest absolute Gasteiger partial charge is 0.420 e. The summed E-state index contributed by atoms with van der Waals surface area (Å²) in [6, 6.07) is 12.6. The van der Waals surface area contributed by atoms with E-state index in [4.69, 9.17) is 16.0 Å². The number of rotatable bonds is 6. The number of carbonyl (C=O) groups is 2. The number of piperidine rings is 1. The van der Waals surface area contributed by atoms with Crippen molar-refractivity contribution in [2.45, 2.75) is 31.6 Å². The summed E-state index contributed by atoms with van der Waals surface area (Å²) in [5, 5.41) is 8.77. The molecule has 1 aromatic heterocycles. The highest BCUT2D eigenvalue weighted by molar-refractivity contribution is 6.30. The first-order valence-electron chi connectivity index (χ1n) is 10.2. The van der Waals surface area contributed by atoms with Crippen LogP contribution < -0.4 is 0 Å². The Labute approximate surface area is 184 Å². The number of ketones is 1. The van der Waals surface area contributed by atoms with Gasteiger partial charge in [-0.25, -0.2) is 4.39 Å². The normalized spacial score (nSPS) is 14.6. The maximum absolute atomic E-state index is 13.1. The van der Waals surface area contributed by atoms with Gasteiger partial charge in [-0.05, 0) is 61.4 Å². The topological polar surface area (TPSA) is 76.3 Å². The molecule has 4 rings (SSSR count). The lowest BCUT2D eigenvalue weighted by Gasteiger charge is -2.30. The third-order valence-corrected chi connectivity index (χ3v) is 5.71. The molecule has 1 aliphatic heterocycles. The average molecular weight is 442 g/mol. The summed E-state index contributed by atoms with van der Waals surface area (Å²) in [5.41, 5.74) is 1.22. The second-order valence-electron chi connectivity index (χ2n) is 7.54. The van der Waals surface area contributed by atoms with Gasteiger partial charge in [-0.2, -0.15) is 0 Å². The van der Waals surface area contributed by atoms with Crippen molar-refractivity contribution in [3.63, 3.8) is 0 Å². The van der Waals surface area contributed by atoms with E-state index in [9.17, 15) is 14.0 Å². The monoisotopic (exact) mass is 441 g/mol. The molecule has 0 atom stereocenters. The number of likely N-dealkylation sites (tertiary alicyclic amines) is 1. The summed E-state index contributed by atoms with van der Waals surface area (Å²) < 4.78 is 18.9. The molecule has 1 amide bonds. The number of halogens is 2. The van der Waals surface area contributed by atoms with Crippen LogP contribution in [0.5, 0.6) is 0 Å². The van der Waals surface area contributed by atoms with Crippen LogP contribution in [0.15, 0.2) is 52.9 Å². The number of Topliss-reactive ketones (excluding diaryl/α,β-unsaturated/α-hetero) is 1. The van der Waals surface area contributed by atoms with Gasteiger partial charge in [0.15, 0.2) is 5.78 Å². The first-order chi connectivity index (χ1) is 15.0. The van der Waals surface area contributed by atoms with E-state index < -0.39 is 0 Å². The number of nitrogens with zero attached hydrogens (tertiary/aromatic N) is 3. The van der Waals surface area contributed by atoms with Crippen LogP contribution in [0, 0.1) is 5.82 Å². The van der Waals surface area contributed by atoms with E-state index in [1.807, 2.05) is 0 Å². The number of hydrogen-bond acceptors (Lipinski definition) is 5. The van der Waals surface area contributed by atoms with E-state index in [0.29, 0.717) is 53.9 Å². The second-order valence-corrected chi connectivity index (χ2v) is 7.97. The lowest BCUT2D eigenvalue weighted by molar-refractivity contribution is -0.132. The van der Waals surface area contributed by atoms with Crippen molar-refractivity contribution in [3.05, 3.63) is 70.8 Å². The Morgan fingerprint density at radius 1 is 1.00 bits per heavy atom. The standard InChI is InChI=1S/C23H21ClFN3O3/c24-18-5-1-15(2-6-18)20(29)9-10-21(30)28-13-11-17(12-14-28)23-27-26-22(31-23)16-3-7-19(25)8-4-16/h1-8,17H,9-14H2. The molecular formula is C23H21ClFN3O3. The van der Waals surface area contributed by atoms with Gasteiger partial charge in [0.1, 0.15) is 5.82 Å². The zero-order valence-corrected chi connectivity index (χ0v) is 17.5. The van der Waals surface area contributed by atoms with E-state index in [1.165, 1.54) is 12.1 Å². The fourth-order valence-electron chi connectivity index (χ4n) is 3.64. The molecule has 0 aliphatic carbocycles. The Hall–Kier alpha value is -3.06. The Bertz CT molecular complexity index is 1060. The number of amides is 1. The van der Waals surface area contributed by atoms with Gasteiger partial charge < -0.3 is 9.32 Å². The van der Waals surface area contributed by atoms with Crippen LogP contribution in [0.2, 0.25) is 5.02 Å². The third kappa shape index (κ3) is 5.17. The molecule has 0 radical (unpaired) electrons. The van der Waals surface area contributed by atoms with Crippen LogP contribution in [0.1, 0.15) is 47.8 Å². The predicted molar refractivity (Wildman–Crippen MR) is 113 cm³/mol. The molecule has 0 N–H and O–H groups in total. The van der Waals surface area contributed by atoms with E-state index >= 15 is 0 Å². The lowest BCUT2D eigenvalue weighted by Crippen LogP contribution is -2.38. The molecule has 6 nitrogen and oxygen atoms in total. The minimum absolute atomic E-state index is 0.0294. The van der Waals surface area contributed by atoms with Gasteiger partial charge in [0.2, 0.25) is 17.7 Å². The molecule has 0 bridgehead atoms. The van der Waals surface area contributed by atoms with E-state index in [1.54, 1.807) is 41.3 Å². The average Bonchev–Trinajstić information content (AvgIpc) is 3.28. The Kier molecular flexibility index (Phi) is 6.42. The van der Waals surface area contributed by atoms with Crippen LogP contribution in [-0.2, 0) is 4.79 Å². The maximum atomic E-state index is 13.1. The number of aromatic nitrogens is 2. The van der Waals surface area contributed by atoms with Gasteiger partial charge in [-0.3, -0.25) is 9.59 Å². The molecule has 1 saturated heterocycles. The van der Waals surface area contributed by atoms with Crippen molar-refractivity contribution in [1.29, 1.82) is 0 Å². The van der Waals surface area contributed by atoms with Gasteiger partial charge in [-0.15, -0.1) is 10.2 Å². The zero-order valence-electron chi connectivity index (χ0n) is 16.8. The molecule has 8 heteroatoms. The number of benzene rings is 2. The van der Waals surface area contributed by atoms with Gasteiger partial charge in [0.25, 0.3) is 0 Å². The maximum Gasteiger partial charge on any atom is 0.247 e. The predicted octanol–water partition coefficient (Wildman–Crippen LogP) is 4.90. The molecule has 0 unspecified atom stereocenters. The molecule has 1 aliphatic rings. The molecule has 160 valence electrons. The fourth-order valence-corrected chi connectivity index (χ4v) is 3.77. The third-order valence-electron chi connectivity index (χ3n) is 5.46. The van der Waals surface area contributed by atoms with Crippen LogP contribution in [0.4, 0.5) is 4.39 Å². The van der Waals surface area contributed by atoms with Crippen LogP contribution in [-0.4, -0.2) is 39.9 Å². The minimum atomic E-state index is -0.324. The van der Waals surface area contributed by atoms with E-state index in [2.05, 4.69) is 10.2 Å². The minimum Gasteiger partial charge on any atom is -0.420 e. The quantitative estimate of drug-likeness (QED) is 0.508. The van der Waals surface area contributed by atoms with Crippen LogP contribution in [0.3, 0.4) is 0 Å². The van der Waals surface area contributed by atoms with Gasteiger partial charge in [0, 0.05) is 48.0 Å². The summed E-state index contributed by atoms with van der Waals surface area (Å²) in [5.74, 6) is 0.535. The highest BCUT2D eigenvalue weighted by Gasteiger charge is 2.27. The highest BCUT2D eigenvalue weighted by Crippen LogP contribution is 2.29. The molecule has 0 saturated carbocycles. The molecular weight excluding hydrogens is 421 g/mol. The summed E-state index contributed by atoms with van der Waals surface area (Å²) in [6.07, 6.45) is 1.77. The van der Waals surface area contributed by atoms with Crippen molar-refractivity contribution in [2.24, 2.45) is 0 Å². The molecule has 2 heterocycles. The van der Waals surface area contributed by atoms with E-state index in [0.717, 1.165) is 0 Å². The van der Waals surface area contributed by atoms with Gasteiger partial charge >= 0.3 is 0 Å². The Balaban J connectivity index is 1.27. The van der Waals surface area contributed by atoms with Crippen LogP contribution in [0.25, 0.3) is 11.5 Å². The summed E-state index contributed by atoms with van der Waals surface area (Å²) in [6.45, 7) is 1.15. The molecule has 2 aromatic carbocycles. The second kappa shape index (κ2) is 9.39. The fraction of sp³-hybridized carbons (Fsp3) is 0.304. The Morgan fingerprint density at radius 3 is 2.35 bits per heavy atom. The highest BCUT2D eigenvalue weighted by atomic mass is 35.5. The van der Waals surface area contributed by atoms with Crippen molar-refractivity contribution in [3.8, 4) is 11.5 Å². The van der Waals surface area contributed by atoms with Crippen molar-refractivity contribution >= 4 is 23.3 Å². The molecule has 0 spiro atoms. The van der Waals surface area contributed by atoms with Gasteiger partial charge in [-0.1, -0.05) is 11.6 Å². The number of carbonyl (C=O) groups excluding carboxylic acids is 2. The lowest BCUT2D eigenvalue weighted by atomic mass is 9.96. The first-order valence-corrected chi connectivity index (χ1v) is 10.5. The van der Waals surface area contributed by atoms with Gasteiger partial charge in [0.05, 0.1) is 0 Å². The van der Waals surface area contributed by atoms with Crippen molar-refractivity contribution in [1.82, 2.24) is 15.1 Å².